The van der Waals surface area contributed by atoms with E-state index in [4.69, 9.17) is 14.2 Å². The van der Waals surface area contributed by atoms with Gasteiger partial charge in [0, 0.05) is 33.8 Å². The summed E-state index contributed by atoms with van der Waals surface area (Å²) >= 11 is 3.98. The molecule has 6 nitrogen and oxygen atoms in total. The Balaban J connectivity index is 1.50. The zero-order chi connectivity index (χ0) is 33.0. The molecule has 3 aromatic carbocycles. The Morgan fingerprint density at radius 2 is 1.22 bits per heavy atom. The number of allylic oxidation sites excluding steroid dienone is 1. The van der Waals surface area contributed by atoms with Crippen molar-refractivity contribution in [3.8, 4) is 34.5 Å². The van der Waals surface area contributed by atoms with E-state index in [9.17, 15) is 15.3 Å². The second-order valence-electron chi connectivity index (χ2n) is 11.8. The number of hydrogen-bond acceptors (Lipinski definition) is 8. The first kappa shape index (κ1) is 36.4. The van der Waals surface area contributed by atoms with Crippen LogP contribution in [0.1, 0.15) is 67.0 Å². The van der Waals surface area contributed by atoms with Crippen molar-refractivity contribution in [1.82, 2.24) is 0 Å². The van der Waals surface area contributed by atoms with Gasteiger partial charge in [-0.15, -0.1) is 6.58 Å². The van der Waals surface area contributed by atoms with E-state index < -0.39 is 0 Å². The number of hydrogen-bond donors (Lipinski definition) is 3. The lowest BCUT2D eigenvalue weighted by molar-refractivity contribution is 0.367. The summed E-state index contributed by atoms with van der Waals surface area (Å²) in [5.74, 6) is 5.07. The normalized spacial score (nSPS) is 11.4. The monoisotopic (exact) mass is 654 g/mol. The van der Waals surface area contributed by atoms with E-state index in [1.807, 2.05) is 66.9 Å². The summed E-state index contributed by atoms with van der Waals surface area (Å²) in [4.78, 5) is 0. The van der Waals surface area contributed by atoms with Crippen molar-refractivity contribution in [1.29, 1.82) is 0 Å². The Hall–Kier alpha value is -3.10. The SMILES string of the molecule is C=CCc1cc(Cc2cc(CCCSCCSC(C)(C)CCc3cc(CC)c(O)c(OC)c3)cc(OC)c2O)c(O)c(OC)c1. The molecule has 3 aromatic rings. The first-order valence-corrected chi connectivity index (χ1v) is 17.7. The predicted molar refractivity (Wildman–Crippen MR) is 191 cm³/mol. The Morgan fingerprint density at radius 3 is 1.78 bits per heavy atom. The third kappa shape index (κ3) is 10.5. The second kappa shape index (κ2) is 17.6. The summed E-state index contributed by atoms with van der Waals surface area (Å²) in [6.45, 7) is 10.5. The lowest BCUT2D eigenvalue weighted by Crippen LogP contribution is -2.17. The molecule has 0 amide bonds. The van der Waals surface area contributed by atoms with Gasteiger partial charge in [0.2, 0.25) is 0 Å². The summed E-state index contributed by atoms with van der Waals surface area (Å²) in [7, 11) is 4.70. The zero-order valence-electron chi connectivity index (χ0n) is 27.7. The number of methoxy groups -OCH3 is 3. The molecule has 0 spiro atoms. The van der Waals surface area contributed by atoms with Crippen LogP contribution in [0.5, 0.6) is 34.5 Å². The summed E-state index contributed by atoms with van der Waals surface area (Å²) in [6, 6.07) is 11.7. The summed E-state index contributed by atoms with van der Waals surface area (Å²) in [6.07, 6.45) is 7.48. The Morgan fingerprint density at radius 1 is 0.711 bits per heavy atom. The van der Waals surface area contributed by atoms with Crippen LogP contribution in [0.4, 0.5) is 0 Å². The van der Waals surface area contributed by atoms with E-state index >= 15 is 0 Å². The summed E-state index contributed by atoms with van der Waals surface area (Å²) in [5.41, 5.74) is 5.62. The number of aryl methyl sites for hydroxylation is 3. The molecular formula is C37H50O6S2. The summed E-state index contributed by atoms with van der Waals surface area (Å²) < 4.78 is 16.4. The fourth-order valence-electron chi connectivity index (χ4n) is 5.35. The summed E-state index contributed by atoms with van der Waals surface area (Å²) in [5, 5.41) is 32.0. The van der Waals surface area contributed by atoms with Crippen molar-refractivity contribution >= 4 is 23.5 Å². The van der Waals surface area contributed by atoms with Gasteiger partial charge in [-0.05, 0) is 84.7 Å². The highest BCUT2D eigenvalue weighted by molar-refractivity contribution is 8.03. The quantitative estimate of drug-likeness (QED) is 0.0876. The molecule has 0 aromatic heterocycles. The van der Waals surface area contributed by atoms with Crippen molar-refractivity contribution in [2.75, 3.05) is 38.6 Å². The van der Waals surface area contributed by atoms with Crippen molar-refractivity contribution in [3.63, 3.8) is 0 Å². The van der Waals surface area contributed by atoms with Crippen LogP contribution in [0.2, 0.25) is 0 Å². The van der Waals surface area contributed by atoms with E-state index in [1.165, 1.54) is 12.7 Å². The van der Waals surface area contributed by atoms with Crippen molar-refractivity contribution in [2.24, 2.45) is 0 Å². The number of benzene rings is 3. The standard InChI is InChI=1S/C37H50O6S2/c1-8-11-25-19-29(35(39)32(21-25)42-6)24-30-20-26(22-33(43-7)36(30)40)12-10-15-44-16-17-45-37(3,4)14-13-27-18-28(9-2)34(38)31(23-27)41-5/h8,18-23,38-40H,1,9-17,24H2,2-7H3. The molecule has 3 N–H and O–H groups in total. The molecule has 3 rings (SSSR count). The lowest BCUT2D eigenvalue weighted by atomic mass is 9.96. The van der Waals surface area contributed by atoms with E-state index in [0.29, 0.717) is 41.2 Å². The first-order valence-electron chi connectivity index (χ1n) is 15.5. The van der Waals surface area contributed by atoms with Crippen LogP contribution in [0.25, 0.3) is 0 Å². The Kier molecular flexibility index (Phi) is 14.2. The van der Waals surface area contributed by atoms with Gasteiger partial charge in [0.25, 0.3) is 0 Å². The van der Waals surface area contributed by atoms with E-state index in [0.717, 1.165) is 66.1 Å². The molecule has 0 atom stereocenters. The molecule has 0 aliphatic heterocycles. The van der Waals surface area contributed by atoms with E-state index in [-0.39, 0.29) is 22.0 Å². The molecule has 0 fully saturated rings. The van der Waals surface area contributed by atoms with Gasteiger partial charge < -0.3 is 29.5 Å². The minimum atomic E-state index is 0.0812. The van der Waals surface area contributed by atoms with Gasteiger partial charge in [0.05, 0.1) is 21.3 Å². The molecule has 45 heavy (non-hydrogen) atoms. The molecule has 0 aliphatic rings. The maximum Gasteiger partial charge on any atom is 0.161 e. The molecule has 0 radical (unpaired) electrons. The lowest BCUT2D eigenvalue weighted by Gasteiger charge is -2.24. The molecule has 0 unspecified atom stereocenters. The van der Waals surface area contributed by atoms with Crippen LogP contribution in [0.15, 0.2) is 49.1 Å². The van der Waals surface area contributed by atoms with Gasteiger partial charge in [0.15, 0.2) is 34.5 Å². The van der Waals surface area contributed by atoms with Gasteiger partial charge >= 0.3 is 0 Å². The van der Waals surface area contributed by atoms with Crippen LogP contribution in [0.3, 0.4) is 0 Å². The molecule has 246 valence electrons. The number of aromatic hydroxyl groups is 3. The molecule has 0 saturated carbocycles. The van der Waals surface area contributed by atoms with Crippen LogP contribution in [-0.2, 0) is 32.1 Å². The average Bonchev–Trinajstić information content (AvgIpc) is 3.02. The number of phenols is 3. The number of thioether (sulfide) groups is 2. The molecule has 0 aliphatic carbocycles. The predicted octanol–water partition coefficient (Wildman–Crippen LogP) is 8.52. The van der Waals surface area contributed by atoms with Crippen LogP contribution >= 0.6 is 23.5 Å². The van der Waals surface area contributed by atoms with Crippen molar-refractivity contribution < 1.29 is 29.5 Å². The van der Waals surface area contributed by atoms with Crippen LogP contribution in [0, 0.1) is 0 Å². The fraction of sp³-hybridized carbons (Fsp3) is 0.459. The van der Waals surface area contributed by atoms with Gasteiger partial charge in [0.1, 0.15) is 0 Å². The van der Waals surface area contributed by atoms with Crippen LogP contribution in [-0.4, -0.2) is 58.7 Å². The minimum absolute atomic E-state index is 0.0812. The third-order valence-corrected chi connectivity index (χ3v) is 10.7. The van der Waals surface area contributed by atoms with Crippen molar-refractivity contribution in [2.45, 2.75) is 70.5 Å². The number of rotatable bonds is 19. The zero-order valence-corrected chi connectivity index (χ0v) is 29.3. The van der Waals surface area contributed by atoms with Gasteiger partial charge in [-0.1, -0.05) is 45.0 Å². The molecule has 0 bridgehead atoms. The Bertz CT molecular complexity index is 1390. The van der Waals surface area contributed by atoms with Gasteiger partial charge in [-0.3, -0.25) is 0 Å². The Labute approximate surface area is 278 Å². The molecule has 8 heteroatoms. The highest BCUT2D eigenvalue weighted by atomic mass is 32.2. The average molecular weight is 655 g/mol. The highest BCUT2D eigenvalue weighted by Crippen LogP contribution is 2.39. The smallest absolute Gasteiger partial charge is 0.161 e. The molecule has 0 saturated heterocycles. The largest absolute Gasteiger partial charge is 0.504 e. The highest BCUT2D eigenvalue weighted by Gasteiger charge is 2.20. The third-order valence-electron chi connectivity index (χ3n) is 7.93. The number of phenolic OH excluding ortho intramolecular Hbond substituents is 3. The van der Waals surface area contributed by atoms with Gasteiger partial charge in [-0.2, -0.15) is 23.5 Å². The maximum atomic E-state index is 10.9. The first-order chi connectivity index (χ1) is 21.5. The fourth-order valence-corrected chi connectivity index (χ4v) is 7.50. The minimum Gasteiger partial charge on any atom is -0.504 e. The molecular weight excluding hydrogens is 605 g/mol. The maximum absolute atomic E-state index is 10.9. The molecule has 0 heterocycles. The van der Waals surface area contributed by atoms with E-state index in [1.54, 1.807) is 14.2 Å². The van der Waals surface area contributed by atoms with Crippen molar-refractivity contribution in [3.05, 3.63) is 82.4 Å². The second-order valence-corrected chi connectivity index (χ2v) is 14.8. The number of ether oxygens (including phenoxy) is 3. The topological polar surface area (TPSA) is 88.4 Å². The van der Waals surface area contributed by atoms with Crippen LogP contribution < -0.4 is 14.2 Å². The van der Waals surface area contributed by atoms with Gasteiger partial charge in [-0.25, -0.2) is 0 Å². The van der Waals surface area contributed by atoms with E-state index in [2.05, 4.69) is 26.5 Å².